The molecule has 2 aromatic rings. The first-order valence-electron chi connectivity index (χ1n) is 8.87. The molecule has 1 nitrogen and oxygen atoms in total. The van der Waals surface area contributed by atoms with Crippen molar-refractivity contribution in [3.05, 3.63) is 51.8 Å². The van der Waals surface area contributed by atoms with Crippen LogP contribution >= 0.6 is 24.8 Å². The Hall–Kier alpha value is -0.427. The van der Waals surface area contributed by atoms with Crippen LogP contribution in [0.5, 0.6) is 0 Å². The van der Waals surface area contributed by atoms with Gasteiger partial charge in [0, 0.05) is 0 Å². The van der Waals surface area contributed by atoms with Crippen LogP contribution in [0.2, 0.25) is 23.2 Å². The first-order valence-corrected chi connectivity index (χ1v) is 24.8. The topological polar surface area (TPSA) is 15.8 Å². The third-order valence-electron chi connectivity index (χ3n) is 8.84. The number of halogens is 2. The van der Waals surface area contributed by atoms with E-state index in [9.17, 15) is 0 Å². The Bertz CT molecular complexity index is 1030. The third kappa shape index (κ3) is 2.40. The van der Waals surface area contributed by atoms with Gasteiger partial charge in [0.05, 0.1) is 0 Å². The van der Waals surface area contributed by atoms with Gasteiger partial charge in [-0.25, -0.2) is 0 Å². The molecule has 0 bridgehead atoms. The van der Waals surface area contributed by atoms with Gasteiger partial charge < -0.3 is 0 Å². The van der Waals surface area contributed by atoms with E-state index in [-0.39, 0.29) is 24.8 Å². The second-order valence-corrected chi connectivity index (χ2v) is 63.9. The summed E-state index contributed by atoms with van der Waals surface area (Å²) in [7, 11) is 0. The number of nitrogens with one attached hydrogen (secondary N) is 1. The molecule has 1 heterocycles. The van der Waals surface area contributed by atoms with Gasteiger partial charge in [0.1, 0.15) is 0 Å². The molecule has 0 saturated heterocycles. The van der Waals surface area contributed by atoms with Crippen molar-refractivity contribution >= 4 is 42.3 Å². The van der Waals surface area contributed by atoms with E-state index < -0.39 is 13.8 Å². The molecule has 0 fully saturated rings. The number of aromatic amines is 1. The van der Waals surface area contributed by atoms with E-state index in [1.165, 1.54) is 17.5 Å². The van der Waals surface area contributed by atoms with Gasteiger partial charge in [0.25, 0.3) is 0 Å². The van der Waals surface area contributed by atoms with Crippen LogP contribution in [0.15, 0.2) is 51.8 Å². The Morgan fingerprint density at radius 2 is 1.56 bits per heavy atom. The number of rotatable bonds is 2. The number of aromatic nitrogens is 1. The summed E-state index contributed by atoms with van der Waals surface area (Å²) in [4.78, 5) is 3.85. The fraction of sp³-hybridized carbons (Fsp3) is 0.381. The summed E-state index contributed by atoms with van der Waals surface area (Å²) in [6, 6.07) is 11.0. The number of allylic oxidation sites excluding steroid dienone is 4. The van der Waals surface area contributed by atoms with Crippen LogP contribution in [0.25, 0.3) is 10.9 Å². The largest absolute Gasteiger partial charge is 0.147 e. The Morgan fingerprint density at radius 3 is 2.04 bits per heavy atom. The van der Waals surface area contributed by atoms with Gasteiger partial charge in [-0.3, -0.25) is 0 Å². The van der Waals surface area contributed by atoms with Gasteiger partial charge in [0.2, 0.25) is 0 Å². The Balaban J connectivity index is 0.00000156. The van der Waals surface area contributed by atoms with Crippen molar-refractivity contribution in [2.75, 3.05) is 0 Å². The summed E-state index contributed by atoms with van der Waals surface area (Å²) in [5, 5.41) is 1.30. The van der Waals surface area contributed by atoms with E-state index in [1.54, 1.807) is 3.28 Å². The van der Waals surface area contributed by atoms with Crippen LogP contribution in [0.1, 0.15) is 20.3 Å². The van der Waals surface area contributed by atoms with Crippen LogP contribution in [0, 0.1) is 0 Å². The minimum absolute atomic E-state index is 0. The van der Waals surface area contributed by atoms with E-state index in [2.05, 4.69) is 90.5 Å². The summed E-state index contributed by atoms with van der Waals surface area (Å²) in [6.07, 6.45) is 7.95. The summed E-state index contributed by atoms with van der Waals surface area (Å²) < 4.78 is 17.5. The Labute approximate surface area is 155 Å². The van der Waals surface area contributed by atoms with Gasteiger partial charge in [-0.2, -0.15) is 0 Å². The zero-order chi connectivity index (χ0) is 17.3. The molecule has 1 aliphatic rings. The fourth-order valence-electron chi connectivity index (χ4n) is 4.20. The minimum Gasteiger partial charge on any atom is -0.147 e. The van der Waals surface area contributed by atoms with Crippen molar-refractivity contribution < 1.29 is 13.8 Å². The molecule has 0 aliphatic heterocycles. The minimum atomic E-state index is -4.98. The molecule has 1 aliphatic carbocycles. The summed E-state index contributed by atoms with van der Waals surface area (Å²) in [6.45, 7) is 4.69. The number of benzene rings is 1. The first-order chi connectivity index (χ1) is 10.1. The van der Waals surface area contributed by atoms with E-state index in [4.69, 9.17) is 0 Å². The predicted octanol–water partition coefficient (Wildman–Crippen LogP) is 7.23. The van der Waals surface area contributed by atoms with Gasteiger partial charge >= 0.3 is 132 Å². The normalized spacial score (nSPS) is 20.2. The predicted molar refractivity (Wildman–Crippen MR) is 120 cm³/mol. The summed E-state index contributed by atoms with van der Waals surface area (Å²) in [5.74, 6) is 0. The second-order valence-electron chi connectivity index (χ2n) is 13.7. The van der Waals surface area contributed by atoms with Crippen LogP contribution < -0.4 is 3.40 Å². The van der Waals surface area contributed by atoms with Crippen molar-refractivity contribution in [2.24, 2.45) is 0 Å². The van der Waals surface area contributed by atoms with Crippen molar-refractivity contribution in [1.82, 2.24) is 4.98 Å². The molecular formula is C21H34Cl2NZr. The van der Waals surface area contributed by atoms with Gasteiger partial charge in [-0.15, -0.1) is 24.8 Å². The molecule has 1 aromatic carbocycles. The molecule has 0 atom stereocenters. The second kappa shape index (κ2) is 4.35. The van der Waals surface area contributed by atoms with Crippen molar-refractivity contribution in [1.29, 1.82) is 0 Å². The Kier molecular flexibility index (Phi) is 3.93. The maximum Gasteiger partial charge on any atom is -0.147 e. The smallest absolute Gasteiger partial charge is 0.147 e. The van der Waals surface area contributed by atoms with Crippen LogP contribution in [0.4, 0.5) is 0 Å². The maximum absolute atomic E-state index is 4.98. The number of hydrogen-bond donors (Lipinski definition) is 1. The standard InChI is InChI=1S/C8H6N.C5H5.C3H6.5CH3.2ClH.Zr/c1-2-4-8-7(3-1)5-6-9-8;1-2-4-5-3-1;1-3-2;;;;;;;;/h1-5,9H;1-3H,4H2;1-2H3;5*1H3;2*1H;. The third-order valence-corrected chi connectivity index (χ3v) is 42.6. The molecule has 25 heavy (non-hydrogen) atoms. The molecule has 0 spiro atoms. The van der Waals surface area contributed by atoms with E-state index in [0.29, 0.717) is 0 Å². The van der Waals surface area contributed by atoms with Crippen LogP contribution in [-0.4, -0.2) is 8.19 Å². The van der Waals surface area contributed by atoms with Gasteiger partial charge in [0.15, 0.2) is 0 Å². The summed E-state index contributed by atoms with van der Waals surface area (Å²) in [5.41, 5.74) is 1.23. The molecule has 1 aromatic heterocycles. The molecule has 3 rings (SSSR count). The van der Waals surface area contributed by atoms with Gasteiger partial charge in [-0.05, 0) is 0 Å². The SMILES string of the molecule is C[C](C)=[Zr]([CH3])([CH3])([CH3])([CH3])([CH3])([C]1=CC=CC1)[c]1cc2ccccc2[nH]1.Cl.Cl. The molecule has 141 valence electrons. The monoisotopic (exact) mass is 460 g/mol. The molecular weight excluding hydrogens is 428 g/mol. The number of para-hydroxylation sites is 1. The first kappa shape index (κ1) is 22.6. The number of fused-ring (bicyclic) bond motifs is 1. The molecule has 0 radical (unpaired) electrons. The van der Waals surface area contributed by atoms with Gasteiger partial charge in [-0.1, -0.05) is 0 Å². The van der Waals surface area contributed by atoms with E-state index >= 15 is 0 Å². The average Bonchev–Trinajstić information content (AvgIpc) is 3.09. The zero-order valence-corrected chi connectivity index (χ0v) is 20.7. The van der Waals surface area contributed by atoms with E-state index in [1.807, 2.05) is 0 Å². The van der Waals surface area contributed by atoms with E-state index in [0.717, 1.165) is 6.42 Å². The fourth-order valence-corrected chi connectivity index (χ4v) is 18.6. The molecule has 0 saturated carbocycles. The van der Waals surface area contributed by atoms with Crippen LogP contribution in [-0.2, 0) is 13.8 Å². The summed E-state index contributed by atoms with van der Waals surface area (Å²) >= 11 is -4.98. The van der Waals surface area contributed by atoms with Crippen molar-refractivity contribution in [3.8, 4) is 0 Å². The average molecular weight is 463 g/mol. The molecule has 1 N–H and O–H groups in total. The van der Waals surface area contributed by atoms with Crippen molar-refractivity contribution in [3.63, 3.8) is 0 Å². The number of hydrogen-bond acceptors (Lipinski definition) is 0. The van der Waals surface area contributed by atoms with Crippen molar-refractivity contribution in [2.45, 2.75) is 43.4 Å². The number of H-pyrrole nitrogens is 1. The Morgan fingerprint density at radius 1 is 0.960 bits per heavy atom. The quantitative estimate of drug-likeness (QED) is 0.485. The molecule has 0 amide bonds. The maximum atomic E-state index is 3.85. The molecule has 0 unspecified atom stereocenters. The molecule has 4 heteroatoms. The zero-order valence-electron chi connectivity index (χ0n) is 16.6. The van der Waals surface area contributed by atoms with Crippen LogP contribution in [0.3, 0.4) is 0 Å².